The fraction of sp³-hybridized carbons (Fsp3) is 0.360. The molecule has 2 aromatic carbocycles. The molecule has 0 radical (unpaired) electrons. The number of benzene rings is 2. The van der Waals surface area contributed by atoms with Crippen LogP contribution in [0.1, 0.15) is 74.6 Å². The summed E-state index contributed by atoms with van der Waals surface area (Å²) in [5, 5.41) is 33.8. The minimum absolute atomic E-state index is 0.116. The molecule has 154 valence electrons. The maximum Gasteiger partial charge on any atom is 0.123 e. The van der Waals surface area contributed by atoms with Crippen molar-refractivity contribution in [3.8, 4) is 17.2 Å². The predicted octanol–water partition coefficient (Wildman–Crippen LogP) is 6.64. The van der Waals surface area contributed by atoms with E-state index in [0.717, 1.165) is 21.6 Å². The summed E-state index contributed by atoms with van der Waals surface area (Å²) in [7, 11) is 0. The Hall–Kier alpha value is -2.46. The van der Waals surface area contributed by atoms with E-state index in [1.807, 2.05) is 29.6 Å². The Labute approximate surface area is 177 Å². The average molecular weight is 411 g/mol. The minimum Gasteiger partial charge on any atom is -0.508 e. The van der Waals surface area contributed by atoms with Crippen LogP contribution in [0.15, 0.2) is 47.8 Å². The summed E-state index contributed by atoms with van der Waals surface area (Å²) < 4.78 is 0. The van der Waals surface area contributed by atoms with Gasteiger partial charge in [-0.25, -0.2) is 0 Å². The van der Waals surface area contributed by atoms with Crippen molar-refractivity contribution >= 4 is 11.3 Å². The van der Waals surface area contributed by atoms with E-state index in [4.69, 9.17) is 0 Å². The van der Waals surface area contributed by atoms with Crippen LogP contribution < -0.4 is 0 Å². The molecule has 3 nitrogen and oxygen atoms in total. The van der Waals surface area contributed by atoms with Gasteiger partial charge in [-0.05, 0) is 57.2 Å². The van der Waals surface area contributed by atoms with E-state index in [-0.39, 0.29) is 28.2 Å². The van der Waals surface area contributed by atoms with Crippen molar-refractivity contribution in [3.63, 3.8) is 0 Å². The van der Waals surface area contributed by atoms with Gasteiger partial charge in [0.2, 0.25) is 0 Å². The molecule has 0 fully saturated rings. The van der Waals surface area contributed by atoms with Gasteiger partial charge in [0.25, 0.3) is 0 Å². The molecule has 3 rings (SSSR count). The number of thiophene rings is 1. The van der Waals surface area contributed by atoms with E-state index in [2.05, 4.69) is 41.5 Å². The monoisotopic (exact) mass is 410 g/mol. The van der Waals surface area contributed by atoms with E-state index in [1.165, 1.54) is 12.1 Å². The molecule has 0 unspecified atom stereocenters. The Morgan fingerprint density at radius 2 is 1.38 bits per heavy atom. The van der Waals surface area contributed by atoms with Gasteiger partial charge in [-0.3, -0.25) is 0 Å². The maximum absolute atomic E-state index is 11.1. The highest BCUT2D eigenvalue weighted by atomic mass is 32.1. The molecule has 0 aliphatic carbocycles. The molecule has 0 aliphatic rings. The lowest BCUT2D eigenvalue weighted by atomic mass is 9.76. The molecule has 1 heterocycles. The molecule has 0 bridgehead atoms. The van der Waals surface area contributed by atoms with Gasteiger partial charge in [-0.15, -0.1) is 11.3 Å². The van der Waals surface area contributed by atoms with Crippen molar-refractivity contribution in [2.24, 2.45) is 0 Å². The quantitative estimate of drug-likeness (QED) is 0.424. The molecular weight excluding hydrogens is 380 g/mol. The van der Waals surface area contributed by atoms with Gasteiger partial charge in [-0.1, -0.05) is 59.7 Å². The Morgan fingerprint density at radius 3 is 1.86 bits per heavy atom. The number of rotatable bonds is 3. The summed E-state index contributed by atoms with van der Waals surface area (Å²) in [6.07, 6.45) is 0. The summed E-state index contributed by atoms with van der Waals surface area (Å²) in [5.41, 5.74) is 2.89. The van der Waals surface area contributed by atoms with E-state index in [9.17, 15) is 15.3 Å². The second kappa shape index (κ2) is 7.42. The van der Waals surface area contributed by atoms with Crippen molar-refractivity contribution in [1.82, 2.24) is 0 Å². The largest absolute Gasteiger partial charge is 0.508 e. The smallest absolute Gasteiger partial charge is 0.123 e. The summed E-state index contributed by atoms with van der Waals surface area (Å²) >= 11 is 1.61. The Balaban J connectivity index is 2.36. The molecule has 4 heteroatoms. The van der Waals surface area contributed by atoms with E-state index in [1.54, 1.807) is 17.4 Å². The first-order valence-corrected chi connectivity index (χ1v) is 10.7. The van der Waals surface area contributed by atoms with E-state index >= 15 is 0 Å². The van der Waals surface area contributed by atoms with Gasteiger partial charge in [0, 0.05) is 16.4 Å². The first-order chi connectivity index (χ1) is 13.4. The van der Waals surface area contributed by atoms with Crippen LogP contribution in [-0.2, 0) is 10.8 Å². The van der Waals surface area contributed by atoms with Crippen molar-refractivity contribution in [2.75, 3.05) is 0 Å². The molecular formula is C25H30O3S. The Kier molecular flexibility index (Phi) is 5.44. The molecule has 0 amide bonds. The molecule has 1 aromatic heterocycles. The van der Waals surface area contributed by atoms with Crippen LogP contribution in [0.4, 0.5) is 0 Å². The molecule has 3 N–H and O–H groups in total. The highest BCUT2D eigenvalue weighted by Gasteiger charge is 2.30. The third-order valence-electron chi connectivity index (χ3n) is 5.23. The topological polar surface area (TPSA) is 60.7 Å². The normalized spacial score (nSPS) is 13.4. The molecule has 0 saturated heterocycles. The Bertz CT molecular complexity index is 971. The first-order valence-electron chi connectivity index (χ1n) is 9.82. The number of phenols is 3. The number of hydrogen-bond donors (Lipinski definition) is 3. The lowest BCUT2D eigenvalue weighted by Gasteiger charge is -2.30. The standard InChI is InChI=1S/C25H30O3S/c1-24(2,3)18-12-15(13-19(23(18)28)25(4,5)6)22(21-8-7-11-29-21)17-14-16(26)9-10-20(17)27/h7-14,22,26-28H,1-6H3/t22-/m0/s1. The summed E-state index contributed by atoms with van der Waals surface area (Å²) in [4.78, 5) is 1.07. The van der Waals surface area contributed by atoms with Gasteiger partial charge >= 0.3 is 0 Å². The van der Waals surface area contributed by atoms with Gasteiger partial charge in [0.05, 0.1) is 0 Å². The minimum atomic E-state index is -0.249. The third-order valence-corrected chi connectivity index (χ3v) is 6.17. The van der Waals surface area contributed by atoms with E-state index < -0.39 is 0 Å². The molecule has 0 saturated carbocycles. The van der Waals surface area contributed by atoms with Crippen LogP contribution in [0.5, 0.6) is 17.2 Å². The van der Waals surface area contributed by atoms with Gasteiger partial charge in [-0.2, -0.15) is 0 Å². The van der Waals surface area contributed by atoms with Crippen LogP contribution in [-0.4, -0.2) is 15.3 Å². The zero-order valence-electron chi connectivity index (χ0n) is 17.9. The second-order valence-electron chi connectivity index (χ2n) is 9.66. The molecule has 0 spiro atoms. The van der Waals surface area contributed by atoms with Crippen molar-refractivity contribution < 1.29 is 15.3 Å². The van der Waals surface area contributed by atoms with Crippen LogP contribution in [0.2, 0.25) is 0 Å². The zero-order chi connectivity index (χ0) is 21.6. The van der Waals surface area contributed by atoms with Gasteiger partial charge < -0.3 is 15.3 Å². The van der Waals surface area contributed by atoms with Crippen molar-refractivity contribution in [2.45, 2.75) is 58.3 Å². The number of hydrogen-bond acceptors (Lipinski definition) is 4. The fourth-order valence-corrected chi connectivity index (χ4v) is 4.56. The number of phenolic OH excluding ortho intramolecular Hbond substituents is 3. The van der Waals surface area contributed by atoms with Crippen LogP contribution in [0.3, 0.4) is 0 Å². The first kappa shape index (κ1) is 21.3. The highest BCUT2D eigenvalue weighted by molar-refractivity contribution is 7.10. The van der Waals surface area contributed by atoms with Crippen LogP contribution in [0.25, 0.3) is 0 Å². The summed E-state index contributed by atoms with van der Waals surface area (Å²) in [6.45, 7) is 12.5. The number of aromatic hydroxyl groups is 3. The molecule has 0 aliphatic heterocycles. The van der Waals surface area contributed by atoms with Gasteiger partial charge in [0.15, 0.2) is 0 Å². The Morgan fingerprint density at radius 1 is 0.793 bits per heavy atom. The third kappa shape index (κ3) is 4.27. The maximum atomic E-state index is 11.1. The van der Waals surface area contributed by atoms with Crippen LogP contribution in [0, 0.1) is 0 Å². The van der Waals surface area contributed by atoms with Crippen LogP contribution >= 0.6 is 11.3 Å². The SMILES string of the molecule is CC(C)(C)c1cc([C@H](c2cccs2)c2cc(O)ccc2O)cc(C(C)(C)C)c1O. The summed E-state index contributed by atoms with van der Waals surface area (Å²) in [5.74, 6) is 0.345. The second-order valence-corrected chi connectivity index (χ2v) is 10.6. The lowest BCUT2D eigenvalue weighted by Crippen LogP contribution is -2.19. The van der Waals surface area contributed by atoms with E-state index in [0.29, 0.717) is 11.3 Å². The average Bonchev–Trinajstić information content (AvgIpc) is 3.11. The zero-order valence-corrected chi connectivity index (χ0v) is 18.8. The highest BCUT2D eigenvalue weighted by Crippen LogP contribution is 2.46. The fourth-order valence-electron chi connectivity index (χ4n) is 3.69. The molecule has 29 heavy (non-hydrogen) atoms. The predicted molar refractivity (Wildman–Crippen MR) is 121 cm³/mol. The van der Waals surface area contributed by atoms with Gasteiger partial charge in [0.1, 0.15) is 17.2 Å². The summed E-state index contributed by atoms with van der Waals surface area (Å²) in [6, 6.07) is 12.8. The lowest BCUT2D eigenvalue weighted by molar-refractivity contribution is 0.422. The molecule has 1 atom stereocenters. The van der Waals surface area contributed by atoms with Crippen molar-refractivity contribution in [3.05, 3.63) is 75.0 Å². The van der Waals surface area contributed by atoms with Crippen molar-refractivity contribution in [1.29, 1.82) is 0 Å². The molecule has 3 aromatic rings.